The van der Waals surface area contributed by atoms with Crippen LogP contribution < -0.4 is 5.32 Å². The quantitative estimate of drug-likeness (QED) is 0.819. The molecule has 0 saturated carbocycles. The lowest BCUT2D eigenvalue weighted by Crippen LogP contribution is -2.42. The standard InChI is InChI=1S/C17H29N/c1-7-11-18-16(17(4,5)6)12-15-13(2)9-8-10-14(15)3/h8-10,16,18H,7,11-12H2,1-6H3. The number of nitrogens with one attached hydrogen (secondary N) is 1. The molecule has 0 heterocycles. The molecule has 0 bridgehead atoms. The van der Waals surface area contributed by atoms with Crippen molar-refractivity contribution in [1.82, 2.24) is 5.32 Å². The summed E-state index contributed by atoms with van der Waals surface area (Å²) in [5.41, 5.74) is 4.65. The molecule has 1 aromatic rings. The summed E-state index contributed by atoms with van der Waals surface area (Å²) in [6.07, 6.45) is 2.32. The zero-order chi connectivity index (χ0) is 13.8. The summed E-state index contributed by atoms with van der Waals surface area (Å²) in [7, 11) is 0. The molecule has 0 fully saturated rings. The van der Waals surface area contributed by atoms with Crippen molar-refractivity contribution in [2.75, 3.05) is 6.54 Å². The van der Waals surface area contributed by atoms with Gasteiger partial charge in [0.15, 0.2) is 0 Å². The van der Waals surface area contributed by atoms with Gasteiger partial charge in [-0.05, 0) is 55.3 Å². The van der Waals surface area contributed by atoms with Gasteiger partial charge < -0.3 is 5.32 Å². The van der Waals surface area contributed by atoms with E-state index >= 15 is 0 Å². The first-order chi connectivity index (χ1) is 8.36. The monoisotopic (exact) mass is 247 g/mol. The molecule has 0 aliphatic carbocycles. The third kappa shape index (κ3) is 4.13. The molecule has 0 aliphatic heterocycles. The Hall–Kier alpha value is -0.820. The van der Waals surface area contributed by atoms with Crippen LogP contribution in [0, 0.1) is 19.3 Å². The SMILES string of the molecule is CCCNC(Cc1c(C)cccc1C)C(C)(C)C. The second-order valence-electron chi connectivity index (χ2n) is 6.45. The first kappa shape index (κ1) is 15.2. The minimum Gasteiger partial charge on any atom is -0.313 e. The van der Waals surface area contributed by atoms with Gasteiger partial charge in [-0.1, -0.05) is 45.9 Å². The highest BCUT2D eigenvalue weighted by molar-refractivity contribution is 5.34. The highest BCUT2D eigenvalue weighted by atomic mass is 14.9. The van der Waals surface area contributed by atoms with E-state index in [4.69, 9.17) is 0 Å². The summed E-state index contributed by atoms with van der Waals surface area (Å²) >= 11 is 0. The predicted molar refractivity (Wildman–Crippen MR) is 81.2 cm³/mol. The number of rotatable bonds is 5. The lowest BCUT2D eigenvalue weighted by atomic mass is 9.81. The fourth-order valence-electron chi connectivity index (χ4n) is 2.38. The number of hydrogen-bond donors (Lipinski definition) is 1. The lowest BCUT2D eigenvalue weighted by Gasteiger charge is -2.32. The molecule has 0 saturated heterocycles. The first-order valence-electron chi connectivity index (χ1n) is 7.14. The normalized spacial score (nSPS) is 13.7. The molecule has 0 spiro atoms. The van der Waals surface area contributed by atoms with Crippen LogP contribution in [0.25, 0.3) is 0 Å². The Balaban J connectivity index is 2.89. The Labute approximate surface area is 113 Å². The lowest BCUT2D eigenvalue weighted by molar-refractivity contribution is 0.266. The van der Waals surface area contributed by atoms with Gasteiger partial charge in [-0.25, -0.2) is 0 Å². The molecule has 1 atom stereocenters. The third-order valence-corrected chi connectivity index (χ3v) is 3.74. The fourth-order valence-corrected chi connectivity index (χ4v) is 2.38. The molecule has 0 aliphatic rings. The van der Waals surface area contributed by atoms with E-state index in [2.05, 4.69) is 65.1 Å². The number of benzene rings is 1. The van der Waals surface area contributed by atoms with Crippen LogP contribution >= 0.6 is 0 Å². The van der Waals surface area contributed by atoms with Crippen LogP contribution in [-0.2, 0) is 6.42 Å². The molecule has 1 aromatic carbocycles. The predicted octanol–water partition coefficient (Wildman–Crippen LogP) is 4.26. The van der Waals surface area contributed by atoms with E-state index in [1.165, 1.54) is 23.1 Å². The maximum atomic E-state index is 3.71. The van der Waals surface area contributed by atoms with Crippen LogP contribution in [0.15, 0.2) is 18.2 Å². The van der Waals surface area contributed by atoms with Crippen molar-refractivity contribution in [3.8, 4) is 0 Å². The van der Waals surface area contributed by atoms with Crippen molar-refractivity contribution in [2.24, 2.45) is 5.41 Å². The molecule has 1 unspecified atom stereocenters. The van der Waals surface area contributed by atoms with Gasteiger partial charge >= 0.3 is 0 Å². The average Bonchev–Trinajstić information content (AvgIpc) is 2.26. The molecular weight excluding hydrogens is 218 g/mol. The van der Waals surface area contributed by atoms with Crippen molar-refractivity contribution in [2.45, 2.75) is 60.4 Å². The van der Waals surface area contributed by atoms with E-state index in [9.17, 15) is 0 Å². The van der Waals surface area contributed by atoms with Crippen molar-refractivity contribution in [3.05, 3.63) is 34.9 Å². The molecule has 1 heteroatoms. The fraction of sp³-hybridized carbons (Fsp3) is 0.647. The summed E-state index contributed by atoms with van der Waals surface area (Å²) in [5.74, 6) is 0. The van der Waals surface area contributed by atoms with E-state index in [0.29, 0.717) is 11.5 Å². The zero-order valence-corrected chi connectivity index (χ0v) is 12.9. The van der Waals surface area contributed by atoms with Crippen LogP contribution in [0.4, 0.5) is 0 Å². The molecular formula is C17H29N. The minimum absolute atomic E-state index is 0.296. The third-order valence-electron chi connectivity index (χ3n) is 3.74. The van der Waals surface area contributed by atoms with E-state index in [-0.39, 0.29) is 0 Å². The van der Waals surface area contributed by atoms with Crippen molar-refractivity contribution in [3.63, 3.8) is 0 Å². The highest BCUT2D eigenvalue weighted by Gasteiger charge is 2.24. The Morgan fingerprint density at radius 1 is 1.11 bits per heavy atom. The number of hydrogen-bond acceptors (Lipinski definition) is 1. The van der Waals surface area contributed by atoms with Crippen LogP contribution in [0.3, 0.4) is 0 Å². The van der Waals surface area contributed by atoms with Crippen LogP contribution in [0.5, 0.6) is 0 Å². The Kier molecular flexibility index (Phi) is 5.40. The van der Waals surface area contributed by atoms with Crippen molar-refractivity contribution >= 4 is 0 Å². The van der Waals surface area contributed by atoms with E-state index in [1.807, 2.05) is 0 Å². The van der Waals surface area contributed by atoms with Gasteiger partial charge in [0.1, 0.15) is 0 Å². The van der Waals surface area contributed by atoms with Gasteiger partial charge in [-0.2, -0.15) is 0 Å². The maximum absolute atomic E-state index is 3.71. The van der Waals surface area contributed by atoms with Crippen molar-refractivity contribution in [1.29, 1.82) is 0 Å². The second kappa shape index (κ2) is 6.38. The molecule has 0 aromatic heterocycles. The molecule has 1 N–H and O–H groups in total. The summed E-state index contributed by atoms with van der Waals surface area (Å²) < 4.78 is 0. The molecule has 18 heavy (non-hydrogen) atoms. The number of aryl methyl sites for hydroxylation is 2. The maximum Gasteiger partial charge on any atom is 0.0156 e. The zero-order valence-electron chi connectivity index (χ0n) is 12.9. The summed E-state index contributed by atoms with van der Waals surface area (Å²) in [5, 5.41) is 3.71. The van der Waals surface area contributed by atoms with E-state index in [0.717, 1.165) is 13.0 Å². The van der Waals surface area contributed by atoms with Gasteiger partial charge in [0.05, 0.1) is 0 Å². The summed E-state index contributed by atoms with van der Waals surface area (Å²) in [6.45, 7) is 14.8. The molecule has 0 amide bonds. The second-order valence-corrected chi connectivity index (χ2v) is 6.45. The van der Waals surface area contributed by atoms with Crippen molar-refractivity contribution < 1.29 is 0 Å². The van der Waals surface area contributed by atoms with Gasteiger partial charge in [-0.15, -0.1) is 0 Å². The topological polar surface area (TPSA) is 12.0 Å². The van der Waals surface area contributed by atoms with Gasteiger partial charge in [0.25, 0.3) is 0 Å². The minimum atomic E-state index is 0.296. The van der Waals surface area contributed by atoms with E-state index < -0.39 is 0 Å². The molecule has 0 radical (unpaired) electrons. The van der Waals surface area contributed by atoms with Crippen LogP contribution in [0.2, 0.25) is 0 Å². The molecule has 1 nitrogen and oxygen atoms in total. The Morgan fingerprint density at radius 2 is 1.67 bits per heavy atom. The summed E-state index contributed by atoms with van der Waals surface area (Å²) in [4.78, 5) is 0. The average molecular weight is 247 g/mol. The first-order valence-corrected chi connectivity index (χ1v) is 7.14. The summed E-state index contributed by atoms with van der Waals surface area (Å²) in [6, 6.07) is 7.14. The molecule has 102 valence electrons. The largest absolute Gasteiger partial charge is 0.313 e. The Bertz CT molecular complexity index is 353. The van der Waals surface area contributed by atoms with Gasteiger partial charge in [-0.3, -0.25) is 0 Å². The van der Waals surface area contributed by atoms with Crippen LogP contribution in [0.1, 0.15) is 50.8 Å². The van der Waals surface area contributed by atoms with Crippen LogP contribution in [-0.4, -0.2) is 12.6 Å². The van der Waals surface area contributed by atoms with E-state index in [1.54, 1.807) is 0 Å². The Morgan fingerprint density at radius 3 is 2.11 bits per heavy atom. The smallest absolute Gasteiger partial charge is 0.0156 e. The van der Waals surface area contributed by atoms with Gasteiger partial charge in [0, 0.05) is 6.04 Å². The van der Waals surface area contributed by atoms with Gasteiger partial charge in [0.2, 0.25) is 0 Å². The molecule has 1 rings (SSSR count). The highest BCUT2D eigenvalue weighted by Crippen LogP contribution is 2.25.